The van der Waals surface area contributed by atoms with Gasteiger partial charge in [-0.3, -0.25) is 4.79 Å². The molecule has 1 fully saturated rings. The molecule has 0 saturated carbocycles. The maximum absolute atomic E-state index is 12.6. The number of fused-ring (bicyclic) bond motifs is 3. The van der Waals surface area contributed by atoms with Gasteiger partial charge in [-0.2, -0.15) is 0 Å². The molecule has 2 aliphatic rings. The molecule has 7 nitrogen and oxygen atoms in total. The van der Waals surface area contributed by atoms with Crippen molar-refractivity contribution < 1.29 is 14.6 Å². The quantitative estimate of drug-likeness (QED) is 0.612. The number of rotatable bonds is 4. The number of carboxylic acids is 1. The fourth-order valence-corrected chi connectivity index (χ4v) is 4.92. The number of carbonyl (C=O) groups is 1. The smallest absolute Gasteiger partial charge is 0.341 e. The fourth-order valence-electron chi connectivity index (χ4n) is 4.92. The SMILES string of the molecule is COc1cc2c(cc1-c1ccc(N3CCC3)nc1)CC(C(C)(C)C)n1cc(C(=O)O)c(=O)cc1-2. The number of ether oxygens (including phenoxy) is 1. The lowest BCUT2D eigenvalue weighted by Crippen LogP contribution is -2.37. The molecule has 2 aromatic heterocycles. The average molecular weight is 460 g/mol. The lowest BCUT2D eigenvalue weighted by molar-refractivity contribution is 0.0693. The van der Waals surface area contributed by atoms with Crippen molar-refractivity contribution in [3.63, 3.8) is 0 Å². The van der Waals surface area contributed by atoms with Crippen LogP contribution in [0.25, 0.3) is 22.4 Å². The molecule has 4 heterocycles. The van der Waals surface area contributed by atoms with Gasteiger partial charge in [0.15, 0.2) is 5.43 Å². The summed E-state index contributed by atoms with van der Waals surface area (Å²) in [6, 6.07) is 9.65. The number of nitrogens with zero attached hydrogens (tertiary/aromatic N) is 3. The van der Waals surface area contributed by atoms with Gasteiger partial charge in [-0.15, -0.1) is 0 Å². The number of aromatic carboxylic acids is 1. The van der Waals surface area contributed by atoms with Crippen LogP contribution in [-0.4, -0.2) is 40.8 Å². The molecule has 34 heavy (non-hydrogen) atoms. The molecule has 0 bridgehead atoms. The molecule has 176 valence electrons. The van der Waals surface area contributed by atoms with Crippen molar-refractivity contribution in [2.45, 2.75) is 39.7 Å². The molecule has 1 N–H and O–H groups in total. The number of anilines is 1. The lowest BCUT2D eigenvalue weighted by Gasteiger charge is -2.39. The van der Waals surface area contributed by atoms with Crippen molar-refractivity contribution in [2.75, 3.05) is 25.1 Å². The van der Waals surface area contributed by atoms with Crippen molar-refractivity contribution in [3.05, 3.63) is 64.1 Å². The summed E-state index contributed by atoms with van der Waals surface area (Å²) < 4.78 is 7.71. The molecule has 1 atom stereocenters. The number of hydrogen-bond donors (Lipinski definition) is 1. The Morgan fingerprint density at radius 2 is 1.91 bits per heavy atom. The Bertz CT molecular complexity index is 1330. The van der Waals surface area contributed by atoms with E-state index in [-0.39, 0.29) is 17.0 Å². The molecule has 1 unspecified atom stereocenters. The summed E-state index contributed by atoms with van der Waals surface area (Å²) in [7, 11) is 1.63. The normalized spacial score (nSPS) is 16.9. The van der Waals surface area contributed by atoms with Gasteiger partial charge in [0, 0.05) is 54.3 Å². The first-order valence-corrected chi connectivity index (χ1v) is 11.6. The van der Waals surface area contributed by atoms with Crippen LogP contribution in [0.4, 0.5) is 5.82 Å². The third-order valence-electron chi connectivity index (χ3n) is 7.00. The molecule has 0 amide bonds. The van der Waals surface area contributed by atoms with Crippen LogP contribution in [0.1, 0.15) is 49.2 Å². The van der Waals surface area contributed by atoms with Gasteiger partial charge in [0.25, 0.3) is 0 Å². The molecule has 1 saturated heterocycles. The average Bonchev–Trinajstić information content (AvgIpc) is 2.75. The Morgan fingerprint density at radius 1 is 1.15 bits per heavy atom. The monoisotopic (exact) mass is 459 g/mol. The van der Waals surface area contributed by atoms with Crippen molar-refractivity contribution in [1.82, 2.24) is 9.55 Å². The van der Waals surface area contributed by atoms with E-state index in [1.165, 1.54) is 18.7 Å². The van der Waals surface area contributed by atoms with E-state index in [9.17, 15) is 14.7 Å². The zero-order valence-electron chi connectivity index (χ0n) is 20.0. The number of hydrogen-bond acceptors (Lipinski definition) is 5. The highest BCUT2D eigenvalue weighted by atomic mass is 16.5. The predicted octanol–water partition coefficient (Wildman–Crippen LogP) is 4.64. The van der Waals surface area contributed by atoms with Crippen LogP contribution in [0.15, 0.2) is 47.5 Å². The highest BCUT2D eigenvalue weighted by Crippen LogP contribution is 2.45. The topological polar surface area (TPSA) is 84.7 Å². The first kappa shape index (κ1) is 22.2. The number of carboxylic acid groups (broad SMARTS) is 1. The highest BCUT2D eigenvalue weighted by molar-refractivity contribution is 5.88. The molecular formula is C27H29N3O4. The molecule has 7 heteroatoms. The Labute approximate surface area is 198 Å². The van der Waals surface area contributed by atoms with Gasteiger partial charge in [-0.1, -0.05) is 20.8 Å². The van der Waals surface area contributed by atoms with Crippen molar-refractivity contribution in [1.29, 1.82) is 0 Å². The van der Waals surface area contributed by atoms with Gasteiger partial charge >= 0.3 is 5.97 Å². The molecule has 2 aliphatic heterocycles. The first-order valence-electron chi connectivity index (χ1n) is 11.6. The van der Waals surface area contributed by atoms with Crippen molar-refractivity contribution >= 4 is 11.8 Å². The van der Waals surface area contributed by atoms with E-state index >= 15 is 0 Å². The summed E-state index contributed by atoms with van der Waals surface area (Å²) >= 11 is 0. The molecule has 0 radical (unpaired) electrons. The van der Waals surface area contributed by atoms with Crippen LogP contribution in [-0.2, 0) is 6.42 Å². The third kappa shape index (κ3) is 3.65. The van der Waals surface area contributed by atoms with Crippen LogP contribution in [0.5, 0.6) is 5.75 Å². The van der Waals surface area contributed by atoms with Gasteiger partial charge in [0.1, 0.15) is 17.1 Å². The first-order chi connectivity index (χ1) is 16.2. The van der Waals surface area contributed by atoms with Crippen LogP contribution < -0.4 is 15.1 Å². The summed E-state index contributed by atoms with van der Waals surface area (Å²) in [5, 5.41) is 9.53. The van der Waals surface area contributed by atoms with E-state index in [4.69, 9.17) is 4.74 Å². The van der Waals surface area contributed by atoms with E-state index in [1.807, 2.05) is 22.9 Å². The van der Waals surface area contributed by atoms with Gasteiger partial charge in [0.05, 0.1) is 12.8 Å². The van der Waals surface area contributed by atoms with Gasteiger partial charge in [-0.25, -0.2) is 9.78 Å². The molecule has 0 aliphatic carbocycles. The van der Waals surface area contributed by atoms with Gasteiger partial charge < -0.3 is 19.3 Å². The highest BCUT2D eigenvalue weighted by Gasteiger charge is 2.34. The number of pyridine rings is 2. The van der Waals surface area contributed by atoms with E-state index in [1.54, 1.807) is 7.11 Å². The maximum atomic E-state index is 12.6. The lowest BCUT2D eigenvalue weighted by atomic mass is 9.78. The van der Waals surface area contributed by atoms with Crippen LogP contribution >= 0.6 is 0 Å². The van der Waals surface area contributed by atoms with E-state index in [0.29, 0.717) is 17.9 Å². The Kier molecular flexibility index (Phi) is 5.23. The maximum Gasteiger partial charge on any atom is 0.341 e. The van der Waals surface area contributed by atoms with Crippen LogP contribution in [0, 0.1) is 5.41 Å². The van der Waals surface area contributed by atoms with E-state index < -0.39 is 11.4 Å². The van der Waals surface area contributed by atoms with Crippen LogP contribution in [0.3, 0.4) is 0 Å². The Hall–Kier alpha value is -3.61. The standard InChI is InChI=1S/C27H29N3O4/c1-27(2,3)24-11-17-10-19(16-6-7-25(28-14-16)29-8-5-9-29)23(34-4)12-18(17)21-13-22(31)20(26(32)33)15-30(21)24/h6-7,10,12-15,24H,5,8-9,11H2,1-4H3,(H,32,33). The molecular weight excluding hydrogens is 430 g/mol. The zero-order chi connectivity index (χ0) is 24.2. The molecule has 1 aromatic carbocycles. The van der Waals surface area contributed by atoms with Crippen molar-refractivity contribution in [3.8, 4) is 28.1 Å². The van der Waals surface area contributed by atoms with Gasteiger partial charge in [-0.05, 0) is 48.1 Å². The van der Waals surface area contributed by atoms with Gasteiger partial charge in [0.2, 0.25) is 0 Å². The minimum Gasteiger partial charge on any atom is -0.496 e. The third-order valence-corrected chi connectivity index (χ3v) is 7.00. The Balaban J connectivity index is 1.66. The summed E-state index contributed by atoms with van der Waals surface area (Å²) in [6.07, 6.45) is 5.30. The van der Waals surface area contributed by atoms with Crippen LogP contribution in [0.2, 0.25) is 0 Å². The second kappa shape index (κ2) is 8.01. The minimum atomic E-state index is -1.21. The predicted molar refractivity (Wildman–Crippen MR) is 132 cm³/mol. The number of benzene rings is 1. The fraction of sp³-hybridized carbons (Fsp3) is 0.370. The second-order valence-electron chi connectivity index (χ2n) is 10.2. The largest absolute Gasteiger partial charge is 0.496 e. The molecule has 0 spiro atoms. The van der Waals surface area contributed by atoms with E-state index in [2.05, 4.69) is 42.8 Å². The van der Waals surface area contributed by atoms with Crippen molar-refractivity contribution in [2.24, 2.45) is 5.41 Å². The zero-order valence-corrected chi connectivity index (χ0v) is 20.0. The minimum absolute atomic E-state index is 0.0122. The van der Waals surface area contributed by atoms with E-state index in [0.717, 1.165) is 41.2 Å². The summed E-state index contributed by atoms with van der Waals surface area (Å²) in [5.41, 5.74) is 3.77. The Morgan fingerprint density at radius 3 is 2.47 bits per heavy atom. The summed E-state index contributed by atoms with van der Waals surface area (Å²) in [4.78, 5) is 31.2. The molecule has 5 rings (SSSR count). The second-order valence-corrected chi connectivity index (χ2v) is 10.2. The molecule has 3 aromatic rings. The number of methoxy groups -OCH3 is 1. The summed E-state index contributed by atoms with van der Waals surface area (Å²) in [6.45, 7) is 8.49. The number of aromatic nitrogens is 2. The summed E-state index contributed by atoms with van der Waals surface area (Å²) in [5.74, 6) is 0.468.